The molecule has 0 radical (unpaired) electrons. The quantitative estimate of drug-likeness (QED) is 0.557. The van der Waals surface area contributed by atoms with Gasteiger partial charge in [-0.25, -0.2) is 4.79 Å². The van der Waals surface area contributed by atoms with E-state index in [-0.39, 0.29) is 12.1 Å². The molecule has 3 aromatic rings. The number of ether oxygens (including phenoxy) is 2. The maximum absolute atomic E-state index is 12.3. The highest BCUT2D eigenvalue weighted by Gasteiger charge is 2.14. The fourth-order valence-electron chi connectivity index (χ4n) is 3.16. The van der Waals surface area contributed by atoms with E-state index in [1.807, 2.05) is 24.3 Å². The summed E-state index contributed by atoms with van der Waals surface area (Å²) in [5.74, 6) is 2.20. The second-order valence-electron chi connectivity index (χ2n) is 6.98. The van der Waals surface area contributed by atoms with Crippen molar-refractivity contribution in [1.29, 1.82) is 0 Å². The summed E-state index contributed by atoms with van der Waals surface area (Å²) in [6, 6.07) is 17.8. The van der Waals surface area contributed by atoms with E-state index in [4.69, 9.17) is 9.47 Å². The number of piperidine rings is 1. The molecular weight excluding hydrogens is 380 g/mol. The molecule has 30 heavy (non-hydrogen) atoms. The van der Waals surface area contributed by atoms with Crippen molar-refractivity contribution in [2.75, 3.05) is 23.7 Å². The Morgan fingerprint density at radius 1 is 0.800 bits per heavy atom. The lowest BCUT2D eigenvalue weighted by molar-refractivity contribution is 0.162. The van der Waals surface area contributed by atoms with Crippen molar-refractivity contribution in [2.24, 2.45) is 0 Å². The zero-order valence-corrected chi connectivity index (χ0v) is 16.5. The van der Waals surface area contributed by atoms with E-state index >= 15 is 0 Å². The Kier molecular flexibility index (Phi) is 6.41. The first-order chi connectivity index (χ1) is 14.7. The van der Waals surface area contributed by atoms with Gasteiger partial charge in [0.05, 0.1) is 0 Å². The number of carbonyl (C=O) groups excluding carboxylic acids is 1. The molecule has 4 rings (SSSR count). The average Bonchev–Trinajstić information content (AvgIpc) is 2.78. The molecule has 1 saturated heterocycles. The third kappa shape index (κ3) is 5.71. The first-order valence-corrected chi connectivity index (χ1v) is 9.98. The van der Waals surface area contributed by atoms with E-state index in [1.54, 1.807) is 48.8 Å². The predicted molar refractivity (Wildman–Crippen MR) is 116 cm³/mol. The topological polar surface area (TPSA) is 84.5 Å². The average molecular weight is 404 g/mol. The van der Waals surface area contributed by atoms with Crippen LogP contribution in [-0.2, 0) is 0 Å². The monoisotopic (exact) mass is 404 g/mol. The molecule has 0 bridgehead atoms. The normalized spacial score (nSPS) is 14.0. The molecule has 1 aliphatic rings. The number of anilines is 2. The zero-order chi connectivity index (χ0) is 20.6. The van der Waals surface area contributed by atoms with Crippen LogP contribution in [0.3, 0.4) is 0 Å². The smallest absolute Gasteiger partial charge is 0.323 e. The summed E-state index contributed by atoms with van der Waals surface area (Å²) >= 11 is 0. The highest BCUT2D eigenvalue weighted by Crippen LogP contribution is 2.23. The van der Waals surface area contributed by atoms with E-state index in [0.29, 0.717) is 22.9 Å². The Labute approximate surface area is 175 Å². The lowest BCUT2D eigenvalue weighted by Crippen LogP contribution is -2.34. The molecule has 0 unspecified atom stereocenters. The minimum absolute atomic E-state index is 0.249. The first kappa shape index (κ1) is 19.7. The maximum Gasteiger partial charge on any atom is 0.323 e. The standard InChI is InChI=1S/C23H24N4O3/c28-23(26-17-1-5-19(6-2-17)29-21-9-13-24-14-10-21)27-18-3-7-20(8-4-18)30-22-11-15-25-16-12-22/h1-10,13-14,22,25H,11-12,15-16H2,(H2,26,27,28). The molecule has 0 saturated carbocycles. The summed E-state index contributed by atoms with van der Waals surface area (Å²) in [5, 5.41) is 8.95. The van der Waals surface area contributed by atoms with Gasteiger partial charge in [-0.3, -0.25) is 4.98 Å². The van der Waals surface area contributed by atoms with Crippen LogP contribution in [0.25, 0.3) is 0 Å². The molecule has 1 fully saturated rings. The van der Waals surface area contributed by atoms with Gasteiger partial charge in [-0.1, -0.05) is 0 Å². The van der Waals surface area contributed by atoms with E-state index in [0.717, 1.165) is 31.7 Å². The zero-order valence-electron chi connectivity index (χ0n) is 16.5. The fourth-order valence-corrected chi connectivity index (χ4v) is 3.16. The minimum atomic E-state index is -0.315. The number of urea groups is 1. The number of nitrogens with one attached hydrogen (secondary N) is 3. The van der Waals surface area contributed by atoms with Crippen LogP contribution < -0.4 is 25.4 Å². The van der Waals surface area contributed by atoms with Gasteiger partial charge in [0.15, 0.2) is 0 Å². The van der Waals surface area contributed by atoms with E-state index < -0.39 is 0 Å². The SMILES string of the molecule is O=C(Nc1ccc(Oc2ccncc2)cc1)Nc1ccc(OC2CCNCC2)cc1. The second-order valence-corrected chi connectivity index (χ2v) is 6.98. The van der Waals surface area contributed by atoms with Gasteiger partial charge >= 0.3 is 6.03 Å². The summed E-state index contributed by atoms with van der Waals surface area (Å²) < 4.78 is 11.7. The second kappa shape index (κ2) is 9.76. The Bertz CT molecular complexity index is 940. The molecule has 0 atom stereocenters. The molecule has 2 amide bonds. The van der Waals surface area contributed by atoms with Crippen molar-refractivity contribution in [3.8, 4) is 17.2 Å². The lowest BCUT2D eigenvalue weighted by atomic mass is 10.1. The summed E-state index contributed by atoms with van der Waals surface area (Å²) in [6.45, 7) is 1.97. The lowest BCUT2D eigenvalue weighted by Gasteiger charge is -2.23. The predicted octanol–water partition coefficient (Wildman–Crippen LogP) is 4.65. The molecule has 0 spiro atoms. The molecular formula is C23H24N4O3. The third-order valence-corrected chi connectivity index (χ3v) is 4.70. The van der Waals surface area contributed by atoms with Gasteiger partial charge in [-0.15, -0.1) is 0 Å². The maximum atomic E-state index is 12.3. The summed E-state index contributed by atoms with van der Waals surface area (Å²) in [4.78, 5) is 16.2. The molecule has 7 heteroatoms. The molecule has 2 aromatic carbocycles. The number of hydrogen-bond acceptors (Lipinski definition) is 5. The number of nitrogens with zero attached hydrogens (tertiary/aromatic N) is 1. The molecule has 2 heterocycles. The van der Waals surface area contributed by atoms with Crippen LogP contribution in [0.1, 0.15) is 12.8 Å². The van der Waals surface area contributed by atoms with Crippen molar-refractivity contribution in [2.45, 2.75) is 18.9 Å². The van der Waals surface area contributed by atoms with Gasteiger partial charge in [0.25, 0.3) is 0 Å². The summed E-state index contributed by atoms with van der Waals surface area (Å²) in [5.41, 5.74) is 1.36. The van der Waals surface area contributed by atoms with Gasteiger partial charge in [0, 0.05) is 23.8 Å². The van der Waals surface area contributed by atoms with Crippen molar-refractivity contribution in [3.05, 3.63) is 73.1 Å². The van der Waals surface area contributed by atoms with Crippen LogP contribution in [0.2, 0.25) is 0 Å². The van der Waals surface area contributed by atoms with Gasteiger partial charge in [0.2, 0.25) is 0 Å². The van der Waals surface area contributed by atoms with Crippen molar-refractivity contribution in [3.63, 3.8) is 0 Å². The number of pyridine rings is 1. The molecule has 1 aromatic heterocycles. The van der Waals surface area contributed by atoms with Crippen LogP contribution >= 0.6 is 0 Å². The Balaban J connectivity index is 1.26. The van der Waals surface area contributed by atoms with Crippen LogP contribution in [-0.4, -0.2) is 30.2 Å². The number of benzene rings is 2. The molecule has 1 aliphatic heterocycles. The minimum Gasteiger partial charge on any atom is -0.490 e. The van der Waals surface area contributed by atoms with Gasteiger partial charge in [0.1, 0.15) is 23.4 Å². The first-order valence-electron chi connectivity index (χ1n) is 9.98. The van der Waals surface area contributed by atoms with Crippen molar-refractivity contribution >= 4 is 17.4 Å². The largest absolute Gasteiger partial charge is 0.490 e. The molecule has 3 N–H and O–H groups in total. The molecule has 0 aliphatic carbocycles. The van der Waals surface area contributed by atoms with Crippen molar-refractivity contribution in [1.82, 2.24) is 10.3 Å². The van der Waals surface area contributed by atoms with Crippen molar-refractivity contribution < 1.29 is 14.3 Å². The number of rotatable bonds is 6. The summed E-state index contributed by atoms with van der Waals surface area (Å²) in [6.07, 6.45) is 5.60. The van der Waals surface area contributed by atoms with Gasteiger partial charge in [-0.2, -0.15) is 0 Å². The van der Waals surface area contributed by atoms with E-state index in [1.165, 1.54) is 0 Å². The number of hydrogen-bond donors (Lipinski definition) is 3. The molecule has 154 valence electrons. The highest BCUT2D eigenvalue weighted by molar-refractivity contribution is 5.99. The van der Waals surface area contributed by atoms with E-state index in [9.17, 15) is 4.79 Å². The van der Waals surface area contributed by atoms with Crippen LogP contribution in [0, 0.1) is 0 Å². The fraction of sp³-hybridized carbons (Fsp3) is 0.217. The van der Waals surface area contributed by atoms with Gasteiger partial charge in [-0.05, 0) is 86.6 Å². The number of amides is 2. The van der Waals surface area contributed by atoms with Crippen LogP contribution in [0.5, 0.6) is 17.2 Å². The molecule has 7 nitrogen and oxygen atoms in total. The summed E-state index contributed by atoms with van der Waals surface area (Å²) in [7, 11) is 0. The van der Waals surface area contributed by atoms with E-state index in [2.05, 4.69) is 20.9 Å². The number of carbonyl (C=O) groups is 1. The van der Waals surface area contributed by atoms with Crippen LogP contribution in [0.4, 0.5) is 16.2 Å². The van der Waals surface area contributed by atoms with Crippen LogP contribution in [0.15, 0.2) is 73.1 Å². The number of aromatic nitrogens is 1. The Morgan fingerprint density at radius 3 is 1.93 bits per heavy atom. The Hall–Kier alpha value is -3.58. The Morgan fingerprint density at radius 2 is 1.33 bits per heavy atom. The highest BCUT2D eigenvalue weighted by atomic mass is 16.5. The third-order valence-electron chi connectivity index (χ3n) is 4.70. The van der Waals surface area contributed by atoms with Gasteiger partial charge < -0.3 is 25.4 Å².